The van der Waals surface area contributed by atoms with Crippen molar-refractivity contribution in [2.75, 3.05) is 13.1 Å². The summed E-state index contributed by atoms with van der Waals surface area (Å²) in [7, 11) is 0. The van der Waals surface area contributed by atoms with Crippen LogP contribution in [0.4, 0.5) is 13.2 Å². The third-order valence-corrected chi connectivity index (χ3v) is 2.57. The third-order valence-electron chi connectivity index (χ3n) is 2.57. The van der Waals surface area contributed by atoms with Gasteiger partial charge in [-0.15, -0.1) is 12.4 Å². The molecule has 3 nitrogen and oxygen atoms in total. The van der Waals surface area contributed by atoms with Crippen molar-refractivity contribution in [2.24, 2.45) is 5.73 Å². The zero-order chi connectivity index (χ0) is 11.5. The van der Waals surface area contributed by atoms with Gasteiger partial charge < -0.3 is 10.6 Å². The Morgan fingerprint density at radius 1 is 1.38 bits per heavy atom. The molecule has 1 atom stereocenters. The first-order chi connectivity index (χ1) is 6.94. The molecule has 1 unspecified atom stereocenters. The van der Waals surface area contributed by atoms with Crippen LogP contribution in [0.1, 0.15) is 25.7 Å². The SMILES string of the molecule is Cl.NCC1CCCCN1C(=O)CC(F)(F)F. The fourth-order valence-corrected chi connectivity index (χ4v) is 1.85. The van der Waals surface area contributed by atoms with Gasteiger partial charge in [0.05, 0.1) is 0 Å². The van der Waals surface area contributed by atoms with Gasteiger partial charge in [0, 0.05) is 19.1 Å². The van der Waals surface area contributed by atoms with Gasteiger partial charge in [-0.05, 0) is 19.3 Å². The number of carbonyl (C=O) groups excluding carboxylic acids is 1. The van der Waals surface area contributed by atoms with Crippen LogP contribution >= 0.6 is 12.4 Å². The number of likely N-dealkylation sites (tertiary alicyclic amines) is 1. The molecular weight excluding hydrogens is 245 g/mol. The van der Waals surface area contributed by atoms with Crippen LogP contribution in [-0.2, 0) is 4.79 Å². The average Bonchev–Trinajstić information content (AvgIpc) is 2.15. The fraction of sp³-hybridized carbons (Fsp3) is 0.889. The van der Waals surface area contributed by atoms with E-state index in [9.17, 15) is 18.0 Å². The van der Waals surface area contributed by atoms with Crippen molar-refractivity contribution in [1.82, 2.24) is 4.90 Å². The van der Waals surface area contributed by atoms with E-state index in [2.05, 4.69) is 0 Å². The lowest BCUT2D eigenvalue weighted by atomic mass is 10.0. The van der Waals surface area contributed by atoms with E-state index >= 15 is 0 Å². The molecule has 0 bridgehead atoms. The summed E-state index contributed by atoms with van der Waals surface area (Å²) in [5, 5.41) is 0. The smallest absolute Gasteiger partial charge is 0.338 e. The van der Waals surface area contributed by atoms with Crippen LogP contribution in [0.3, 0.4) is 0 Å². The fourth-order valence-electron chi connectivity index (χ4n) is 1.85. The zero-order valence-electron chi connectivity index (χ0n) is 8.79. The predicted molar refractivity (Wildman–Crippen MR) is 56.3 cm³/mol. The molecule has 1 amide bonds. The first-order valence-corrected chi connectivity index (χ1v) is 5.00. The van der Waals surface area contributed by atoms with Gasteiger partial charge >= 0.3 is 6.18 Å². The molecule has 0 saturated carbocycles. The second-order valence-corrected chi connectivity index (χ2v) is 3.76. The molecule has 0 aromatic rings. The van der Waals surface area contributed by atoms with Gasteiger partial charge in [0.25, 0.3) is 0 Å². The Morgan fingerprint density at radius 3 is 2.50 bits per heavy atom. The number of alkyl halides is 3. The van der Waals surface area contributed by atoms with Crippen LogP contribution in [-0.4, -0.2) is 36.1 Å². The number of hydrogen-bond acceptors (Lipinski definition) is 2. The summed E-state index contributed by atoms with van der Waals surface area (Å²) in [6.07, 6.45) is -3.39. The van der Waals surface area contributed by atoms with Gasteiger partial charge in [0.15, 0.2) is 0 Å². The van der Waals surface area contributed by atoms with Crippen molar-refractivity contribution in [2.45, 2.75) is 37.9 Å². The van der Waals surface area contributed by atoms with Crippen molar-refractivity contribution in [1.29, 1.82) is 0 Å². The molecule has 7 heteroatoms. The Morgan fingerprint density at radius 2 is 2.00 bits per heavy atom. The molecule has 0 aromatic carbocycles. The van der Waals surface area contributed by atoms with Crippen LogP contribution in [0.15, 0.2) is 0 Å². The third kappa shape index (κ3) is 4.57. The van der Waals surface area contributed by atoms with E-state index in [1.54, 1.807) is 0 Å². The lowest BCUT2D eigenvalue weighted by Crippen LogP contribution is -2.48. The molecule has 2 N–H and O–H groups in total. The summed E-state index contributed by atoms with van der Waals surface area (Å²) in [6.45, 7) is 0.639. The highest BCUT2D eigenvalue weighted by atomic mass is 35.5. The monoisotopic (exact) mass is 260 g/mol. The molecule has 1 rings (SSSR count). The van der Waals surface area contributed by atoms with E-state index in [1.165, 1.54) is 4.90 Å². The summed E-state index contributed by atoms with van der Waals surface area (Å²) in [5.74, 6) is -0.849. The summed E-state index contributed by atoms with van der Waals surface area (Å²) in [4.78, 5) is 12.6. The van der Waals surface area contributed by atoms with Crippen molar-refractivity contribution < 1.29 is 18.0 Å². The van der Waals surface area contributed by atoms with Crippen LogP contribution in [0.2, 0.25) is 0 Å². The van der Waals surface area contributed by atoms with Crippen LogP contribution in [0.25, 0.3) is 0 Å². The number of carbonyl (C=O) groups is 1. The summed E-state index contributed by atoms with van der Waals surface area (Å²) in [5.41, 5.74) is 5.42. The van der Waals surface area contributed by atoms with Gasteiger partial charge in [-0.3, -0.25) is 4.79 Å². The summed E-state index contributed by atoms with van der Waals surface area (Å²) < 4.78 is 36.0. The lowest BCUT2D eigenvalue weighted by molar-refractivity contribution is -0.163. The van der Waals surface area contributed by atoms with Gasteiger partial charge in [-0.2, -0.15) is 13.2 Å². The van der Waals surface area contributed by atoms with Crippen molar-refractivity contribution in [3.05, 3.63) is 0 Å². The highest BCUT2D eigenvalue weighted by Crippen LogP contribution is 2.24. The van der Waals surface area contributed by atoms with E-state index in [1.807, 2.05) is 0 Å². The molecular formula is C9H16ClF3N2O. The molecule has 1 heterocycles. The number of halogens is 4. The molecule has 0 aliphatic carbocycles. The Kier molecular flexibility index (Phi) is 6.10. The normalized spacial score (nSPS) is 21.5. The standard InChI is InChI=1S/C9H15F3N2O.ClH/c10-9(11,12)5-8(15)14-4-2-1-3-7(14)6-13;/h7H,1-6,13H2;1H. The highest BCUT2D eigenvalue weighted by Gasteiger charge is 2.35. The maximum atomic E-state index is 12.0. The van der Waals surface area contributed by atoms with Crippen molar-refractivity contribution in [3.63, 3.8) is 0 Å². The number of nitrogens with zero attached hydrogens (tertiary/aromatic N) is 1. The highest BCUT2D eigenvalue weighted by molar-refractivity contribution is 5.85. The van der Waals surface area contributed by atoms with Gasteiger partial charge in [0.1, 0.15) is 6.42 Å². The molecule has 1 fully saturated rings. The maximum absolute atomic E-state index is 12.0. The number of rotatable bonds is 2. The number of nitrogens with two attached hydrogens (primary N) is 1. The molecule has 1 saturated heterocycles. The van der Waals surface area contributed by atoms with Crippen LogP contribution in [0.5, 0.6) is 0 Å². The largest absolute Gasteiger partial charge is 0.397 e. The van der Waals surface area contributed by atoms with Crippen molar-refractivity contribution in [3.8, 4) is 0 Å². The molecule has 1 aliphatic rings. The zero-order valence-corrected chi connectivity index (χ0v) is 9.61. The Labute approximate surface area is 98.6 Å². The van der Waals surface area contributed by atoms with Crippen LogP contribution in [0, 0.1) is 0 Å². The lowest BCUT2D eigenvalue weighted by Gasteiger charge is -2.35. The minimum atomic E-state index is -4.42. The molecule has 96 valence electrons. The summed E-state index contributed by atoms with van der Waals surface area (Å²) >= 11 is 0. The molecule has 0 radical (unpaired) electrons. The molecule has 16 heavy (non-hydrogen) atoms. The average molecular weight is 261 g/mol. The second kappa shape index (κ2) is 6.30. The second-order valence-electron chi connectivity index (χ2n) is 3.76. The molecule has 0 aromatic heterocycles. The molecule has 1 aliphatic heterocycles. The first-order valence-electron chi connectivity index (χ1n) is 5.00. The number of hydrogen-bond donors (Lipinski definition) is 1. The Hall–Kier alpha value is -0.490. The Balaban J connectivity index is 0.00000225. The Bertz CT molecular complexity index is 235. The van der Waals surface area contributed by atoms with Gasteiger partial charge in [0.2, 0.25) is 5.91 Å². The topological polar surface area (TPSA) is 46.3 Å². The minimum Gasteiger partial charge on any atom is -0.338 e. The number of piperidine rings is 1. The quantitative estimate of drug-likeness (QED) is 0.821. The van der Waals surface area contributed by atoms with E-state index in [-0.39, 0.29) is 25.0 Å². The van der Waals surface area contributed by atoms with Crippen molar-refractivity contribution >= 4 is 18.3 Å². The predicted octanol–water partition coefficient (Wildman–Crippen LogP) is 1.70. The van der Waals surface area contributed by atoms with E-state index in [0.717, 1.165) is 12.8 Å². The van der Waals surface area contributed by atoms with Crippen LogP contribution < -0.4 is 5.73 Å². The van der Waals surface area contributed by atoms with E-state index in [4.69, 9.17) is 5.73 Å². The van der Waals surface area contributed by atoms with E-state index < -0.39 is 18.5 Å². The molecule has 0 spiro atoms. The van der Waals surface area contributed by atoms with E-state index in [0.29, 0.717) is 13.0 Å². The summed E-state index contributed by atoms with van der Waals surface area (Å²) in [6, 6.07) is -0.214. The minimum absolute atomic E-state index is 0. The first kappa shape index (κ1) is 15.5. The number of amides is 1. The van der Waals surface area contributed by atoms with Gasteiger partial charge in [-0.1, -0.05) is 0 Å². The maximum Gasteiger partial charge on any atom is 0.397 e. The van der Waals surface area contributed by atoms with Gasteiger partial charge in [-0.25, -0.2) is 0 Å².